The Hall–Kier alpha value is -2.24. The second-order valence-electron chi connectivity index (χ2n) is 4.09. The topological polar surface area (TPSA) is 75.2 Å². The van der Waals surface area contributed by atoms with Crippen molar-refractivity contribution in [2.75, 3.05) is 20.7 Å². The van der Waals surface area contributed by atoms with Gasteiger partial charge in [-0.1, -0.05) is 18.2 Å². The largest absolute Gasteiger partial charge is 0.489 e. The van der Waals surface area contributed by atoms with E-state index in [1.165, 1.54) is 0 Å². The van der Waals surface area contributed by atoms with E-state index in [0.717, 1.165) is 5.75 Å². The zero-order valence-electron chi connectivity index (χ0n) is 10.5. The predicted octanol–water partition coefficient (Wildman–Crippen LogP) is 0.227. The van der Waals surface area contributed by atoms with E-state index >= 15 is 0 Å². The number of rotatable bonds is 3. The van der Waals surface area contributed by atoms with Crippen molar-refractivity contribution in [3.05, 3.63) is 30.3 Å². The highest BCUT2D eigenvalue weighted by atomic mass is 16.5. The summed E-state index contributed by atoms with van der Waals surface area (Å²) < 4.78 is 5.61. The zero-order valence-corrected chi connectivity index (χ0v) is 10.5. The van der Waals surface area contributed by atoms with Crippen LogP contribution in [0.15, 0.2) is 40.3 Å². The molecule has 1 atom stereocenters. The predicted molar refractivity (Wildman–Crippen MR) is 71.6 cm³/mol. The molecule has 1 aromatic carbocycles. The second-order valence-corrected chi connectivity index (χ2v) is 4.09. The van der Waals surface area contributed by atoms with Gasteiger partial charge in [0.15, 0.2) is 12.1 Å². The number of hydrogen-bond donors (Lipinski definition) is 2. The van der Waals surface area contributed by atoms with Crippen LogP contribution in [-0.2, 0) is 0 Å². The van der Waals surface area contributed by atoms with E-state index in [2.05, 4.69) is 15.3 Å². The lowest BCUT2D eigenvalue weighted by molar-refractivity contribution is 0.290. The molecule has 6 nitrogen and oxygen atoms in total. The minimum Gasteiger partial charge on any atom is -0.489 e. The van der Waals surface area contributed by atoms with Gasteiger partial charge in [-0.05, 0) is 12.1 Å². The van der Waals surface area contributed by atoms with Crippen molar-refractivity contribution in [3.63, 3.8) is 0 Å². The molecule has 2 rings (SSSR count). The SMILES string of the molecule is CN(C)C1=NC(COc2ccccc2)N=C(N)N1. The number of guanidine groups is 2. The molecule has 1 aromatic rings. The van der Waals surface area contributed by atoms with Gasteiger partial charge >= 0.3 is 0 Å². The summed E-state index contributed by atoms with van der Waals surface area (Å²) in [6, 6.07) is 9.57. The fourth-order valence-corrected chi connectivity index (χ4v) is 1.50. The monoisotopic (exact) mass is 247 g/mol. The molecular weight excluding hydrogens is 230 g/mol. The van der Waals surface area contributed by atoms with Crippen LogP contribution in [0, 0.1) is 0 Å². The summed E-state index contributed by atoms with van der Waals surface area (Å²) in [5.74, 6) is 1.84. The third kappa shape index (κ3) is 3.13. The van der Waals surface area contributed by atoms with E-state index in [1.807, 2.05) is 49.3 Å². The van der Waals surface area contributed by atoms with E-state index in [-0.39, 0.29) is 6.17 Å². The number of aliphatic imine (C=N–C) groups is 2. The summed E-state index contributed by atoms with van der Waals surface area (Å²) in [4.78, 5) is 10.4. The Bertz CT molecular complexity index is 455. The van der Waals surface area contributed by atoms with Crippen LogP contribution in [0.3, 0.4) is 0 Å². The van der Waals surface area contributed by atoms with Crippen LogP contribution in [0.2, 0.25) is 0 Å². The van der Waals surface area contributed by atoms with Crippen molar-refractivity contribution in [3.8, 4) is 5.75 Å². The smallest absolute Gasteiger partial charge is 0.202 e. The van der Waals surface area contributed by atoms with Gasteiger partial charge in [-0.3, -0.25) is 5.32 Å². The number of nitrogens with one attached hydrogen (secondary N) is 1. The number of ether oxygens (including phenoxy) is 1. The van der Waals surface area contributed by atoms with E-state index in [1.54, 1.807) is 0 Å². The van der Waals surface area contributed by atoms with Gasteiger partial charge in [0.1, 0.15) is 12.4 Å². The van der Waals surface area contributed by atoms with Gasteiger partial charge in [0.05, 0.1) is 0 Å². The lowest BCUT2D eigenvalue weighted by Crippen LogP contribution is -2.48. The maximum Gasteiger partial charge on any atom is 0.202 e. The van der Waals surface area contributed by atoms with Crippen molar-refractivity contribution in [2.24, 2.45) is 15.7 Å². The van der Waals surface area contributed by atoms with Gasteiger partial charge in [0, 0.05) is 14.1 Å². The molecule has 1 unspecified atom stereocenters. The molecule has 0 saturated carbocycles. The van der Waals surface area contributed by atoms with Crippen molar-refractivity contribution in [1.82, 2.24) is 10.2 Å². The summed E-state index contributed by atoms with van der Waals surface area (Å²) in [7, 11) is 3.78. The molecule has 3 N–H and O–H groups in total. The van der Waals surface area contributed by atoms with E-state index < -0.39 is 0 Å². The first-order valence-electron chi connectivity index (χ1n) is 5.68. The molecule has 0 amide bonds. The van der Waals surface area contributed by atoms with Crippen LogP contribution in [0.4, 0.5) is 0 Å². The zero-order chi connectivity index (χ0) is 13.0. The van der Waals surface area contributed by atoms with Crippen LogP contribution in [0.5, 0.6) is 5.75 Å². The van der Waals surface area contributed by atoms with E-state index in [9.17, 15) is 0 Å². The molecule has 0 spiro atoms. The Morgan fingerprint density at radius 2 is 2.00 bits per heavy atom. The molecular formula is C12H17N5O. The van der Waals surface area contributed by atoms with Gasteiger partial charge in [-0.2, -0.15) is 0 Å². The Morgan fingerprint density at radius 1 is 1.28 bits per heavy atom. The lowest BCUT2D eigenvalue weighted by Gasteiger charge is -2.23. The average molecular weight is 247 g/mol. The normalized spacial score (nSPS) is 18.4. The molecule has 6 heteroatoms. The van der Waals surface area contributed by atoms with Crippen molar-refractivity contribution in [1.29, 1.82) is 0 Å². The first-order chi connectivity index (χ1) is 8.65. The summed E-state index contributed by atoms with van der Waals surface area (Å²) in [5.41, 5.74) is 5.70. The molecule has 0 fully saturated rings. The molecule has 1 aliphatic rings. The van der Waals surface area contributed by atoms with Gasteiger partial charge in [0.2, 0.25) is 5.96 Å². The van der Waals surface area contributed by atoms with Crippen LogP contribution in [-0.4, -0.2) is 43.7 Å². The Kier molecular flexibility index (Phi) is 3.66. The quantitative estimate of drug-likeness (QED) is 0.801. The summed E-state index contributed by atoms with van der Waals surface area (Å²) >= 11 is 0. The third-order valence-corrected chi connectivity index (χ3v) is 2.37. The molecule has 18 heavy (non-hydrogen) atoms. The van der Waals surface area contributed by atoms with Gasteiger partial charge in [0.25, 0.3) is 0 Å². The standard InChI is InChI=1S/C12H17N5O/c1-17(2)12-15-10(14-11(13)16-12)8-18-9-6-4-3-5-7-9/h3-7,10H,8H2,1-2H3,(H3,13,14,15,16). The highest BCUT2D eigenvalue weighted by Gasteiger charge is 2.16. The molecule has 0 bridgehead atoms. The second kappa shape index (κ2) is 5.39. The molecule has 0 aromatic heterocycles. The molecule has 0 radical (unpaired) electrons. The van der Waals surface area contributed by atoms with Crippen molar-refractivity contribution < 1.29 is 4.74 Å². The highest BCUT2D eigenvalue weighted by Crippen LogP contribution is 2.10. The summed E-state index contributed by atoms with van der Waals surface area (Å²) in [5, 5.41) is 2.89. The number of nitrogens with zero attached hydrogens (tertiary/aromatic N) is 3. The maximum absolute atomic E-state index is 5.70. The number of hydrogen-bond acceptors (Lipinski definition) is 6. The van der Waals surface area contributed by atoms with Crippen molar-refractivity contribution in [2.45, 2.75) is 6.17 Å². The third-order valence-electron chi connectivity index (χ3n) is 2.37. The van der Waals surface area contributed by atoms with Crippen LogP contribution >= 0.6 is 0 Å². The number of para-hydroxylation sites is 1. The number of benzene rings is 1. The molecule has 1 heterocycles. The Labute approximate surface area is 106 Å². The first kappa shape index (κ1) is 12.2. The van der Waals surface area contributed by atoms with E-state index in [0.29, 0.717) is 18.5 Å². The Morgan fingerprint density at radius 3 is 2.67 bits per heavy atom. The minimum absolute atomic E-state index is 0.316. The average Bonchev–Trinajstić information content (AvgIpc) is 2.37. The number of nitrogens with two attached hydrogens (primary N) is 1. The first-order valence-corrected chi connectivity index (χ1v) is 5.68. The van der Waals surface area contributed by atoms with Crippen LogP contribution in [0.25, 0.3) is 0 Å². The van der Waals surface area contributed by atoms with E-state index in [4.69, 9.17) is 10.5 Å². The lowest BCUT2D eigenvalue weighted by atomic mass is 10.3. The minimum atomic E-state index is -0.316. The molecule has 0 saturated heterocycles. The van der Waals surface area contributed by atoms with Gasteiger partial charge in [-0.15, -0.1) is 0 Å². The fraction of sp³-hybridized carbons (Fsp3) is 0.333. The maximum atomic E-state index is 5.70. The molecule has 96 valence electrons. The fourth-order valence-electron chi connectivity index (χ4n) is 1.50. The van der Waals surface area contributed by atoms with Gasteiger partial charge in [-0.25, -0.2) is 9.98 Å². The highest BCUT2D eigenvalue weighted by molar-refractivity contribution is 5.99. The summed E-state index contributed by atoms with van der Waals surface area (Å²) in [6.07, 6.45) is -0.316. The summed E-state index contributed by atoms with van der Waals surface area (Å²) in [6.45, 7) is 0.365. The van der Waals surface area contributed by atoms with Crippen LogP contribution < -0.4 is 15.8 Å². The molecule has 1 aliphatic heterocycles. The van der Waals surface area contributed by atoms with Crippen LogP contribution in [0.1, 0.15) is 0 Å². The molecule has 0 aliphatic carbocycles. The van der Waals surface area contributed by atoms with Gasteiger partial charge < -0.3 is 15.4 Å². The van der Waals surface area contributed by atoms with Crippen molar-refractivity contribution >= 4 is 11.9 Å². The Balaban J connectivity index is 1.98.